The van der Waals surface area contributed by atoms with Crippen LogP contribution in [0.15, 0.2) is 0 Å². The summed E-state index contributed by atoms with van der Waals surface area (Å²) < 4.78 is 26.7. The predicted molar refractivity (Wildman–Crippen MR) is 199 cm³/mol. The number of unbranched alkanes of at least 4 members (excludes halogenated alkanes) is 24. The number of carboxylic acids is 1. The molecule has 0 aromatic carbocycles. The molecular formula is C38H74NO10P. The summed E-state index contributed by atoms with van der Waals surface area (Å²) in [6.07, 6.45) is 30.0. The van der Waals surface area contributed by atoms with Crippen LogP contribution in [0, 0.1) is 0 Å². The normalized spacial score (nSPS) is 13.8. The van der Waals surface area contributed by atoms with Gasteiger partial charge < -0.3 is 25.2 Å². The van der Waals surface area contributed by atoms with E-state index in [-0.39, 0.29) is 12.8 Å². The van der Waals surface area contributed by atoms with Gasteiger partial charge in [-0.1, -0.05) is 168 Å². The molecule has 0 saturated carbocycles. The molecule has 0 aliphatic rings. The molecule has 0 fully saturated rings. The van der Waals surface area contributed by atoms with Crippen LogP contribution in [0.25, 0.3) is 0 Å². The molecule has 11 nitrogen and oxygen atoms in total. The lowest BCUT2D eigenvalue weighted by atomic mass is 10.0. The first-order valence-corrected chi connectivity index (χ1v) is 21.6. The summed E-state index contributed by atoms with van der Waals surface area (Å²) >= 11 is 0. The van der Waals surface area contributed by atoms with Gasteiger partial charge >= 0.3 is 19.8 Å². The van der Waals surface area contributed by atoms with Gasteiger partial charge in [-0.2, -0.15) is 0 Å². The van der Waals surface area contributed by atoms with E-state index in [0.717, 1.165) is 38.5 Å². The molecule has 0 aliphatic heterocycles. The lowest BCUT2D eigenvalue weighted by Gasteiger charge is -2.18. The lowest BCUT2D eigenvalue weighted by molar-refractivity contribution is -0.147. The number of nitrogens with one attached hydrogen (secondary N) is 1. The fourth-order valence-corrected chi connectivity index (χ4v) is 6.50. The van der Waals surface area contributed by atoms with E-state index in [1.54, 1.807) is 0 Å². The minimum absolute atomic E-state index is 0.152. The highest BCUT2D eigenvalue weighted by molar-refractivity contribution is 7.47. The number of ether oxygens (including phenoxy) is 1. The number of carbonyl (C=O) groups excluding carboxylic acids is 2. The highest BCUT2D eigenvalue weighted by atomic mass is 31.2. The van der Waals surface area contributed by atoms with Crippen LogP contribution in [-0.2, 0) is 32.7 Å². The van der Waals surface area contributed by atoms with E-state index >= 15 is 0 Å². The summed E-state index contributed by atoms with van der Waals surface area (Å²) in [5, 5.41) is 21.7. The fraction of sp³-hybridized carbons (Fsp3) is 0.921. The maximum absolute atomic E-state index is 12.3. The van der Waals surface area contributed by atoms with Crippen LogP contribution in [-0.4, -0.2) is 64.9 Å². The SMILES string of the molecule is CCCCCCCCCCCCCCCCCCCC(=O)NC(COP(=O)(O)OCC(O)COC(=O)CCCCCCCCCCC)C(=O)O. The number of hydrogen-bond acceptors (Lipinski definition) is 8. The highest BCUT2D eigenvalue weighted by Crippen LogP contribution is 2.43. The molecule has 0 aliphatic carbocycles. The van der Waals surface area contributed by atoms with Crippen molar-refractivity contribution >= 4 is 25.7 Å². The molecule has 0 spiro atoms. The fourth-order valence-electron chi connectivity index (χ4n) is 5.73. The van der Waals surface area contributed by atoms with Gasteiger partial charge in [-0.3, -0.25) is 18.6 Å². The Hall–Kier alpha value is -1.52. The molecule has 0 aromatic heterocycles. The maximum Gasteiger partial charge on any atom is 0.472 e. The third kappa shape index (κ3) is 33.6. The second-order valence-corrected chi connectivity index (χ2v) is 15.3. The predicted octanol–water partition coefficient (Wildman–Crippen LogP) is 9.56. The van der Waals surface area contributed by atoms with E-state index < -0.39 is 57.6 Å². The maximum atomic E-state index is 12.3. The number of esters is 1. The van der Waals surface area contributed by atoms with Crippen molar-refractivity contribution in [2.75, 3.05) is 19.8 Å². The van der Waals surface area contributed by atoms with Gasteiger partial charge in [0.15, 0.2) is 6.04 Å². The number of aliphatic hydroxyl groups is 1. The molecule has 12 heteroatoms. The van der Waals surface area contributed by atoms with Crippen molar-refractivity contribution in [3.8, 4) is 0 Å². The minimum Gasteiger partial charge on any atom is -0.480 e. The lowest BCUT2D eigenvalue weighted by Crippen LogP contribution is -2.43. The summed E-state index contributed by atoms with van der Waals surface area (Å²) in [7, 11) is -4.74. The second-order valence-electron chi connectivity index (χ2n) is 13.8. The van der Waals surface area contributed by atoms with Crippen LogP contribution >= 0.6 is 7.82 Å². The molecule has 0 radical (unpaired) electrons. The first-order chi connectivity index (χ1) is 24.1. The number of carbonyl (C=O) groups is 3. The van der Waals surface area contributed by atoms with Gasteiger partial charge in [-0.05, 0) is 12.8 Å². The molecule has 0 heterocycles. The summed E-state index contributed by atoms with van der Waals surface area (Å²) in [6.45, 7) is 2.57. The van der Waals surface area contributed by atoms with Crippen LogP contribution in [0.5, 0.6) is 0 Å². The second kappa shape index (κ2) is 34.6. The quantitative estimate of drug-likeness (QED) is 0.0272. The van der Waals surface area contributed by atoms with Crippen molar-refractivity contribution in [2.45, 2.75) is 206 Å². The molecule has 1 amide bonds. The average Bonchev–Trinajstić information content (AvgIpc) is 3.08. The van der Waals surface area contributed by atoms with E-state index in [1.807, 2.05) is 0 Å². The monoisotopic (exact) mass is 736 g/mol. The largest absolute Gasteiger partial charge is 0.480 e. The van der Waals surface area contributed by atoms with Crippen LogP contribution in [0.1, 0.15) is 194 Å². The number of phosphoric ester groups is 1. The van der Waals surface area contributed by atoms with Gasteiger partial charge in [0, 0.05) is 12.8 Å². The first kappa shape index (κ1) is 48.5. The van der Waals surface area contributed by atoms with E-state index in [1.165, 1.54) is 116 Å². The molecule has 0 bridgehead atoms. The Morgan fingerprint density at radius 2 is 0.920 bits per heavy atom. The summed E-state index contributed by atoms with van der Waals surface area (Å²) in [6, 6.07) is -1.54. The number of rotatable bonds is 38. The van der Waals surface area contributed by atoms with Crippen LogP contribution in [0.2, 0.25) is 0 Å². The molecule has 0 aromatic rings. The van der Waals surface area contributed by atoms with Gasteiger partial charge in [-0.25, -0.2) is 9.36 Å². The number of aliphatic hydroxyl groups excluding tert-OH is 1. The number of hydrogen-bond donors (Lipinski definition) is 4. The summed E-state index contributed by atoms with van der Waals surface area (Å²) in [5.74, 6) is -2.36. The van der Waals surface area contributed by atoms with Crippen molar-refractivity contribution in [3.05, 3.63) is 0 Å². The van der Waals surface area contributed by atoms with Crippen LogP contribution in [0.4, 0.5) is 0 Å². The number of aliphatic carboxylic acids is 1. The zero-order valence-corrected chi connectivity index (χ0v) is 32.6. The minimum atomic E-state index is -4.74. The Labute approximate surface area is 304 Å². The van der Waals surface area contributed by atoms with Crippen LogP contribution in [0.3, 0.4) is 0 Å². The number of phosphoric acid groups is 1. The zero-order valence-electron chi connectivity index (χ0n) is 31.7. The Kier molecular flexibility index (Phi) is 33.5. The Balaban J connectivity index is 3.90. The van der Waals surface area contributed by atoms with Crippen molar-refractivity contribution < 1.29 is 47.8 Å². The van der Waals surface area contributed by atoms with Gasteiger partial charge in [0.05, 0.1) is 13.2 Å². The van der Waals surface area contributed by atoms with E-state index in [4.69, 9.17) is 13.8 Å². The smallest absolute Gasteiger partial charge is 0.472 e. The Bertz CT molecular complexity index is 875. The Morgan fingerprint density at radius 3 is 1.32 bits per heavy atom. The van der Waals surface area contributed by atoms with Crippen molar-refractivity contribution in [2.24, 2.45) is 0 Å². The molecule has 3 unspecified atom stereocenters. The molecular weight excluding hydrogens is 661 g/mol. The van der Waals surface area contributed by atoms with Crippen LogP contribution < -0.4 is 5.32 Å². The third-order valence-electron chi connectivity index (χ3n) is 8.90. The molecule has 3 atom stereocenters. The summed E-state index contributed by atoms with van der Waals surface area (Å²) in [5.41, 5.74) is 0. The molecule has 0 rings (SSSR count). The van der Waals surface area contributed by atoms with Gasteiger partial charge in [0.25, 0.3) is 0 Å². The highest BCUT2D eigenvalue weighted by Gasteiger charge is 2.28. The number of amides is 1. The Morgan fingerprint density at radius 1 is 0.560 bits per heavy atom. The topological polar surface area (TPSA) is 169 Å². The first-order valence-electron chi connectivity index (χ1n) is 20.1. The number of carboxylic acid groups (broad SMARTS) is 1. The standard InChI is InChI=1S/C38H74NO10P/c1-3-5-7-9-11-13-14-15-16-17-18-19-20-22-23-25-27-29-36(41)39-35(38(43)44)33-49-50(45,46)48-32-34(40)31-47-37(42)30-28-26-24-21-12-10-8-6-4-2/h34-35,40H,3-33H2,1-2H3,(H,39,41)(H,43,44)(H,45,46). The van der Waals surface area contributed by atoms with Crippen molar-refractivity contribution in [3.63, 3.8) is 0 Å². The van der Waals surface area contributed by atoms with E-state index in [0.29, 0.717) is 12.8 Å². The van der Waals surface area contributed by atoms with Gasteiger partial charge in [0.2, 0.25) is 5.91 Å². The zero-order chi connectivity index (χ0) is 37.1. The molecule has 296 valence electrons. The third-order valence-corrected chi connectivity index (χ3v) is 9.85. The summed E-state index contributed by atoms with van der Waals surface area (Å²) in [4.78, 5) is 45.7. The molecule has 0 saturated heterocycles. The van der Waals surface area contributed by atoms with Gasteiger partial charge in [0.1, 0.15) is 12.7 Å². The van der Waals surface area contributed by atoms with Crippen molar-refractivity contribution in [1.82, 2.24) is 5.32 Å². The average molecular weight is 736 g/mol. The van der Waals surface area contributed by atoms with E-state index in [9.17, 15) is 34.1 Å². The molecule has 50 heavy (non-hydrogen) atoms. The van der Waals surface area contributed by atoms with Crippen molar-refractivity contribution in [1.29, 1.82) is 0 Å². The van der Waals surface area contributed by atoms with E-state index in [2.05, 4.69) is 19.2 Å². The molecule has 4 N–H and O–H groups in total. The van der Waals surface area contributed by atoms with Gasteiger partial charge in [-0.15, -0.1) is 0 Å².